The number of nitrogens with one attached hydrogen (secondary N) is 1. The van der Waals surface area contributed by atoms with E-state index in [-0.39, 0.29) is 5.54 Å². The van der Waals surface area contributed by atoms with Gasteiger partial charge in [-0.3, -0.25) is 5.32 Å². The maximum Gasteiger partial charge on any atom is 0.103 e. The van der Waals surface area contributed by atoms with Crippen molar-refractivity contribution in [2.75, 3.05) is 26.2 Å². The van der Waals surface area contributed by atoms with Gasteiger partial charge in [0.1, 0.15) is 5.54 Å². The lowest BCUT2D eigenvalue weighted by molar-refractivity contribution is 0.250. The van der Waals surface area contributed by atoms with Gasteiger partial charge < -0.3 is 4.90 Å². The van der Waals surface area contributed by atoms with E-state index in [0.717, 1.165) is 32.4 Å². The highest BCUT2D eigenvalue weighted by Gasteiger charge is 2.22. The second-order valence-corrected chi connectivity index (χ2v) is 6.02. The van der Waals surface area contributed by atoms with Crippen molar-refractivity contribution in [1.29, 1.82) is 5.26 Å². The largest absolute Gasteiger partial charge is 0.303 e. The fourth-order valence-corrected chi connectivity index (χ4v) is 2.34. The molecule has 0 aliphatic rings. The normalized spacial score (nSPS) is 14.2. The maximum absolute atomic E-state index is 9.33. The lowest BCUT2D eigenvalue weighted by atomic mass is 9.97. The maximum atomic E-state index is 9.33. The van der Waals surface area contributed by atoms with Crippen molar-refractivity contribution < 1.29 is 0 Å². The van der Waals surface area contributed by atoms with Crippen molar-refractivity contribution in [2.24, 2.45) is 0 Å². The lowest BCUT2D eigenvalue weighted by Gasteiger charge is -2.26. The molecule has 0 heterocycles. The molecule has 0 aliphatic heterocycles. The monoisotopic (exact) mass is 281 g/mol. The summed E-state index contributed by atoms with van der Waals surface area (Å²) in [7, 11) is 0. The molecule has 1 N–H and O–H groups in total. The van der Waals surface area contributed by atoms with Crippen molar-refractivity contribution >= 4 is 0 Å². The highest BCUT2D eigenvalue weighted by atomic mass is 15.1. The van der Waals surface area contributed by atoms with Crippen LogP contribution in [0.15, 0.2) is 0 Å². The van der Waals surface area contributed by atoms with Crippen LogP contribution in [0, 0.1) is 11.3 Å². The smallest absolute Gasteiger partial charge is 0.103 e. The van der Waals surface area contributed by atoms with Crippen molar-refractivity contribution in [3.63, 3.8) is 0 Å². The first kappa shape index (κ1) is 19.4. The second kappa shape index (κ2) is 12.2. The van der Waals surface area contributed by atoms with Crippen LogP contribution in [0.2, 0.25) is 0 Å². The summed E-state index contributed by atoms with van der Waals surface area (Å²) in [5.74, 6) is 0. The van der Waals surface area contributed by atoms with Gasteiger partial charge in [-0.1, -0.05) is 33.6 Å². The van der Waals surface area contributed by atoms with E-state index in [4.69, 9.17) is 0 Å². The van der Waals surface area contributed by atoms with Crippen LogP contribution in [0.25, 0.3) is 0 Å². The van der Waals surface area contributed by atoms with Gasteiger partial charge in [0, 0.05) is 0 Å². The van der Waals surface area contributed by atoms with Gasteiger partial charge in [0.15, 0.2) is 0 Å². The van der Waals surface area contributed by atoms with Gasteiger partial charge in [-0.15, -0.1) is 0 Å². The Labute approximate surface area is 126 Å². The minimum atomic E-state index is -0.350. The number of hydrogen-bond acceptors (Lipinski definition) is 3. The van der Waals surface area contributed by atoms with E-state index in [1.54, 1.807) is 0 Å². The zero-order valence-electron chi connectivity index (χ0n) is 14.2. The summed E-state index contributed by atoms with van der Waals surface area (Å²) in [6, 6.07) is 2.44. The third-order valence-corrected chi connectivity index (χ3v) is 3.82. The summed E-state index contributed by atoms with van der Waals surface area (Å²) in [6.45, 7) is 13.2. The van der Waals surface area contributed by atoms with Gasteiger partial charge >= 0.3 is 0 Å². The summed E-state index contributed by atoms with van der Waals surface area (Å²) in [4.78, 5) is 2.57. The SMILES string of the molecule is CCCCN(CCCC)CCCC(C)(C#N)NCCC. The summed E-state index contributed by atoms with van der Waals surface area (Å²) in [6.07, 6.45) is 8.22. The van der Waals surface area contributed by atoms with Crippen molar-refractivity contribution in [1.82, 2.24) is 10.2 Å². The van der Waals surface area contributed by atoms with Gasteiger partial charge in [0.2, 0.25) is 0 Å². The van der Waals surface area contributed by atoms with Crippen LogP contribution in [-0.2, 0) is 0 Å². The third-order valence-electron chi connectivity index (χ3n) is 3.82. The standard InChI is InChI=1S/C17H35N3/c1-5-8-13-20(14-9-6-2)15-10-11-17(4,16-18)19-12-7-3/h19H,5-15H2,1-4H3. The Kier molecular flexibility index (Phi) is 11.8. The molecule has 0 spiro atoms. The molecule has 0 fully saturated rings. The lowest BCUT2D eigenvalue weighted by Crippen LogP contribution is -2.42. The molecule has 118 valence electrons. The Hall–Kier alpha value is -0.590. The highest BCUT2D eigenvalue weighted by Crippen LogP contribution is 2.12. The first-order chi connectivity index (χ1) is 9.61. The topological polar surface area (TPSA) is 39.1 Å². The molecule has 1 unspecified atom stereocenters. The molecule has 0 aliphatic carbocycles. The summed E-state index contributed by atoms with van der Waals surface area (Å²) >= 11 is 0. The van der Waals surface area contributed by atoms with Crippen LogP contribution in [0.1, 0.15) is 72.6 Å². The van der Waals surface area contributed by atoms with Crippen LogP contribution in [-0.4, -0.2) is 36.6 Å². The van der Waals surface area contributed by atoms with E-state index in [9.17, 15) is 5.26 Å². The molecule has 3 heteroatoms. The molecule has 1 atom stereocenters. The fraction of sp³-hybridized carbons (Fsp3) is 0.941. The number of nitrogens with zero attached hydrogens (tertiary/aromatic N) is 2. The van der Waals surface area contributed by atoms with E-state index < -0.39 is 0 Å². The zero-order valence-corrected chi connectivity index (χ0v) is 14.2. The van der Waals surface area contributed by atoms with Gasteiger partial charge in [0.05, 0.1) is 6.07 Å². The van der Waals surface area contributed by atoms with Crippen LogP contribution in [0.3, 0.4) is 0 Å². The molecule has 0 bridgehead atoms. The first-order valence-electron chi connectivity index (χ1n) is 8.50. The van der Waals surface area contributed by atoms with Crippen LogP contribution >= 0.6 is 0 Å². The average molecular weight is 281 g/mol. The fourth-order valence-electron chi connectivity index (χ4n) is 2.34. The average Bonchev–Trinajstić information content (AvgIpc) is 2.47. The van der Waals surface area contributed by atoms with E-state index in [1.807, 2.05) is 6.92 Å². The van der Waals surface area contributed by atoms with Crippen LogP contribution < -0.4 is 5.32 Å². The molecule has 0 aromatic heterocycles. The van der Waals surface area contributed by atoms with E-state index in [2.05, 4.69) is 37.1 Å². The van der Waals surface area contributed by atoms with Gasteiger partial charge in [-0.2, -0.15) is 5.26 Å². The molecule has 0 aromatic rings. The molecular weight excluding hydrogens is 246 g/mol. The summed E-state index contributed by atoms with van der Waals surface area (Å²) in [5.41, 5.74) is -0.350. The Bertz CT molecular complexity index is 251. The quantitative estimate of drug-likeness (QED) is 0.555. The zero-order chi connectivity index (χ0) is 15.3. The van der Waals surface area contributed by atoms with Crippen molar-refractivity contribution in [2.45, 2.75) is 78.2 Å². The van der Waals surface area contributed by atoms with E-state index >= 15 is 0 Å². The molecule has 0 aromatic carbocycles. The molecule has 20 heavy (non-hydrogen) atoms. The van der Waals surface area contributed by atoms with Gasteiger partial charge in [-0.25, -0.2) is 0 Å². The minimum Gasteiger partial charge on any atom is -0.303 e. The third kappa shape index (κ3) is 9.34. The molecule has 3 nitrogen and oxygen atoms in total. The number of nitriles is 1. The number of rotatable bonds is 13. The Morgan fingerprint density at radius 1 is 0.950 bits per heavy atom. The molecule has 0 saturated carbocycles. The summed E-state index contributed by atoms with van der Waals surface area (Å²) < 4.78 is 0. The first-order valence-corrected chi connectivity index (χ1v) is 8.50. The van der Waals surface area contributed by atoms with Crippen molar-refractivity contribution in [3.8, 4) is 6.07 Å². The minimum absolute atomic E-state index is 0.350. The molecule has 0 rings (SSSR count). The number of hydrogen-bond donors (Lipinski definition) is 1. The predicted octanol–water partition coefficient (Wildman–Crippen LogP) is 3.95. The summed E-state index contributed by atoms with van der Waals surface area (Å²) in [5, 5.41) is 12.7. The number of unbranched alkanes of at least 4 members (excludes halogenated alkanes) is 2. The van der Waals surface area contributed by atoms with Gasteiger partial charge in [-0.05, 0) is 65.2 Å². The molecule has 0 amide bonds. The van der Waals surface area contributed by atoms with E-state index in [1.165, 1.54) is 38.8 Å². The molecular formula is C17H35N3. The van der Waals surface area contributed by atoms with Crippen LogP contribution in [0.5, 0.6) is 0 Å². The van der Waals surface area contributed by atoms with Gasteiger partial charge in [0.25, 0.3) is 0 Å². The van der Waals surface area contributed by atoms with Crippen LogP contribution in [0.4, 0.5) is 0 Å². The Morgan fingerprint density at radius 3 is 1.95 bits per heavy atom. The Morgan fingerprint density at radius 2 is 1.50 bits per heavy atom. The molecule has 0 radical (unpaired) electrons. The van der Waals surface area contributed by atoms with Crippen molar-refractivity contribution in [3.05, 3.63) is 0 Å². The predicted molar refractivity (Wildman–Crippen MR) is 87.8 cm³/mol. The Balaban J connectivity index is 4.08. The van der Waals surface area contributed by atoms with E-state index in [0.29, 0.717) is 0 Å². The second-order valence-electron chi connectivity index (χ2n) is 6.02. The molecule has 0 saturated heterocycles. The highest BCUT2D eigenvalue weighted by molar-refractivity contribution is 5.03.